The number of nitrogens with one attached hydrogen (secondary N) is 1. The molecule has 5 rings (SSSR count). The Hall–Kier alpha value is -3.17. The highest BCUT2D eigenvalue weighted by Gasteiger charge is 2.47. The molecule has 0 saturated carbocycles. The van der Waals surface area contributed by atoms with E-state index in [1.807, 2.05) is 19.9 Å². The third kappa shape index (κ3) is 5.31. The van der Waals surface area contributed by atoms with E-state index < -0.39 is 11.6 Å². The molecule has 7 nitrogen and oxygen atoms in total. The fourth-order valence-electron chi connectivity index (χ4n) is 4.88. The first kappa shape index (κ1) is 24.0. The molecule has 1 N–H and O–H groups in total. The van der Waals surface area contributed by atoms with E-state index in [-0.39, 0.29) is 11.9 Å². The van der Waals surface area contributed by atoms with Crippen molar-refractivity contribution in [2.75, 3.05) is 5.32 Å². The smallest absolute Gasteiger partial charge is 0.335 e. The molecule has 0 radical (unpaired) electrons. The van der Waals surface area contributed by atoms with Crippen molar-refractivity contribution in [1.82, 2.24) is 14.9 Å². The maximum absolute atomic E-state index is 14.3. The van der Waals surface area contributed by atoms with Gasteiger partial charge in [-0.2, -0.15) is 8.42 Å². The molecule has 178 valence electrons. The van der Waals surface area contributed by atoms with Gasteiger partial charge >= 0.3 is 11.6 Å². The van der Waals surface area contributed by atoms with E-state index in [0.29, 0.717) is 29.5 Å². The first-order valence-electron chi connectivity index (χ1n) is 11.2. The van der Waals surface area contributed by atoms with Gasteiger partial charge in [-0.25, -0.2) is 14.4 Å². The first-order chi connectivity index (χ1) is 16.5. The monoisotopic (exact) mass is 482 g/mol. The van der Waals surface area contributed by atoms with Crippen LogP contribution in [0.3, 0.4) is 0 Å². The maximum Gasteiger partial charge on any atom is 0.335 e. The number of benzene rings is 2. The van der Waals surface area contributed by atoms with Gasteiger partial charge in [0.25, 0.3) is 0 Å². The standard InChI is InChI=1S/C25H27FN4O.O2S/c1-16-8-10-21(20(26)12-16)29-24-17(2)25(28-15-27-24)31-23-13-19-9-11-22(23)30(19)14-18-6-4-3-5-7-18;1-3-2/h3-8,10,12,15,19,22-23H,9,11,13-14H2,1-2H3,(H,27,28,29);. The maximum atomic E-state index is 14.3. The highest BCUT2D eigenvalue weighted by Crippen LogP contribution is 2.41. The molecule has 0 spiro atoms. The molecular formula is C25H27FN4O3S. The van der Waals surface area contributed by atoms with Gasteiger partial charge in [0.15, 0.2) is 0 Å². The Bertz CT molecular complexity index is 1170. The molecule has 2 bridgehead atoms. The van der Waals surface area contributed by atoms with Crippen LogP contribution in [0.5, 0.6) is 5.88 Å². The number of anilines is 2. The molecule has 2 aromatic carbocycles. The average Bonchev–Trinajstić information content (AvgIpc) is 3.35. The molecular weight excluding hydrogens is 455 g/mol. The molecule has 0 amide bonds. The fraction of sp³-hybridized carbons (Fsp3) is 0.360. The molecule has 34 heavy (non-hydrogen) atoms. The molecule has 3 atom stereocenters. The highest BCUT2D eigenvalue weighted by molar-refractivity contribution is 7.51. The van der Waals surface area contributed by atoms with Crippen molar-refractivity contribution in [3.05, 3.63) is 77.4 Å². The van der Waals surface area contributed by atoms with E-state index in [9.17, 15) is 4.39 Å². The molecule has 0 aliphatic carbocycles. The SMILES string of the molecule is Cc1ccc(Nc2ncnc(OC3CC4CCC3N4Cc3ccccc3)c2C)c(F)c1.O=S=O. The van der Waals surface area contributed by atoms with Gasteiger partial charge < -0.3 is 10.1 Å². The van der Waals surface area contributed by atoms with E-state index in [1.165, 1.54) is 24.4 Å². The molecule has 2 aliphatic rings. The predicted molar refractivity (Wildman–Crippen MR) is 128 cm³/mol. The summed E-state index contributed by atoms with van der Waals surface area (Å²) in [5, 5.41) is 3.09. The van der Waals surface area contributed by atoms with Crippen LogP contribution >= 0.6 is 0 Å². The number of fused-ring (bicyclic) bond motifs is 2. The fourth-order valence-corrected chi connectivity index (χ4v) is 4.88. The molecule has 3 aromatic rings. The Kier molecular flexibility index (Phi) is 7.64. The molecule has 1 aromatic heterocycles. The van der Waals surface area contributed by atoms with Gasteiger partial charge in [0.1, 0.15) is 24.1 Å². The lowest BCUT2D eigenvalue weighted by atomic mass is 9.98. The summed E-state index contributed by atoms with van der Waals surface area (Å²) in [7, 11) is 0. The van der Waals surface area contributed by atoms with Crippen molar-refractivity contribution in [3.8, 4) is 5.88 Å². The van der Waals surface area contributed by atoms with Crippen molar-refractivity contribution >= 4 is 23.1 Å². The van der Waals surface area contributed by atoms with Gasteiger partial charge in [-0.1, -0.05) is 36.4 Å². The molecule has 9 heteroatoms. The van der Waals surface area contributed by atoms with Crippen molar-refractivity contribution in [2.24, 2.45) is 0 Å². The quantitative estimate of drug-likeness (QED) is 0.554. The topological polar surface area (TPSA) is 84.4 Å². The van der Waals surface area contributed by atoms with Gasteiger partial charge in [-0.05, 0) is 49.9 Å². The Labute approximate surface area is 202 Å². The zero-order chi connectivity index (χ0) is 24.1. The lowest BCUT2D eigenvalue weighted by Crippen LogP contribution is -2.35. The summed E-state index contributed by atoms with van der Waals surface area (Å²) < 4.78 is 37.3. The number of nitrogens with zero attached hydrogens (tertiary/aromatic N) is 3. The summed E-state index contributed by atoms with van der Waals surface area (Å²) in [5.41, 5.74) is 3.40. The van der Waals surface area contributed by atoms with Crippen molar-refractivity contribution in [2.45, 2.75) is 57.8 Å². The van der Waals surface area contributed by atoms with Crippen molar-refractivity contribution in [1.29, 1.82) is 0 Å². The minimum Gasteiger partial charge on any atom is -0.472 e. The van der Waals surface area contributed by atoms with Crippen LogP contribution in [-0.4, -0.2) is 41.5 Å². The summed E-state index contributed by atoms with van der Waals surface area (Å²) in [5.74, 6) is 0.837. The van der Waals surface area contributed by atoms with Crippen LogP contribution in [0.25, 0.3) is 0 Å². The highest BCUT2D eigenvalue weighted by atomic mass is 32.1. The van der Waals surface area contributed by atoms with Gasteiger partial charge in [0.2, 0.25) is 5.88 Å². The molecule has 3 heterocycles. The molecule has 3 unspecified atom stereocenters. The minimum absolute atomic E-state index is 0.111. The largest absolute Gasteiger partial charge is 0.472 e. The summed E-state index contributed by atoms with van der Waals surface area (Å²) in [6.45, 7) is 4.74. The van der Waals surface area contributed by atoms with Gasteiger partial charge in [-0.3, -0.25) is 4.90 Å². The Morgan fingerprint density at radius 1 is 1.12 bits per heavy atom. The van der Waals surface area contributed by atoms with E-state index >= 15 is 0 Å². The van der Waals surface area contributed by atoms with Gasteiger partial charge in [-0.15, -0.1) is 0 Å². The third-order valence-corrected chi connectivity index (χ3v) is 6.51. The van der Waals surface area contributed by atoms with Crippen LogP contribution in [0, 0.1) is 19.7 Å². The molecule has 2 saturated heterocycles. The van der Waals surface area contributed by atoms with E-state index in [2.05, 4.69) is 50.5 Å². The predicted octanol–water partition coefficient (Wildman–Crippen LogP) is 4.49. The number of aryl methyl sites for hydroxylation is 1. The zero-order valence-electron chi connectivity index (χ0n) is 19.1. The van der Waals surface area contributed by atoms with E-state index in [1.54, 1.807) is 6.07 Å². The number of aromatic nitrogens is 2. The third-order valence-electron chi connectivity index (χ3n) is 6.51. The minimum atomic E-state index is -0.750. The van der Waals surface area contributed by atoms with Gasteiger partial charge in [0, 0.05) is 25.0 Å². The summed E-state index contributed by atoms with van der Waals surface area (Å²) in [6.07, 6.45) is 4.97. The lowest BCUT2D eigenvalue weighted by Gasteiger charge is -2.25. The summed E-state index contributed by atoms with van der Waals surface area (Å²) in [4.78, 5) is 11.3. The van der Waals surface area contributed by atoms with Crippen LogP contribution in [0.2, 0.25) is 0 Å². The zero-order valence-corrected chi connectivity index (χ0v) is 19.9. The number of hydrogen-bond donors (Lipinski definition) is 1. The summed E-state index contributed by atoms with van der Waals surface area (Å²) in [6, 6.07) is 16.7. The average molecular weight is 483 g/mol. The molecule has 2 fully saturated rings. The van der Waals surface area contributed by atoms with Crippen LogP contribution in [0.1, 0.15) is 36.0 Å². The van der Waals surface area contributed by atoms with Crippen LogP contribution < -0.4 is 10.1 Å². The van der Waals surface area contributed by atoms with Gasteiger partial charge in [0.05, 0.1) is 11.3 Å². The second-order valence-electron chi connectivity index (χ2n) is 8.68. The van der Waals surface area contributed by atoms with E-state index in [4.69, 9.17) is 13.2 Å². The summed E-state index contributed by atoms with van der Waals surface area (Å²) >= 11 is -0.750. The Morgan fingerprint density at radius 3 is 2.62 bits per heavy atom. The number of rotatable bonds is 6. The van der Waals surface area contributed by atoms with Crippen LogP contribution in [-0.2, 0) is 18.1 Å². The number of halogens is 1. The van der Waals surface area contributed by atoms with Crippen molar-refractivity contribution < 1.29 is 17.5 Å². The second kappa shape index (κ2) is 10.8. The Morgan fingerprint density at radius 2 is 1.88 bits per heavy atom. The number of hydrogen-bond acceptors (Lipinski definition) is 7. The van der Waals surface area contributed by atoms with Crippen LogP contribution in [0.15, 0.2) is 54.9 Å². The van der Waals surface area contributed by atoms with Crippen LogP contribution in [0.4, 0.5) is 15.9 Å². The molecule has 2 aliphatic heterocycles. The Balaban J connectivity index is 0.000000868. The lowest BCUT2D eigenvalue weighted by molar-refractivity contribution is 0.134. The van der Waals surface area contributed by atoms with Crippen molar-refractivity contribution in [3.63, 3.8) is 0 Å². The number of ether oxygens (including phenoxy) is 1. The van der Waals surface area contributed by atoms with E-state index in [0.717, 1.165) is 30.5 Å². The first-order valence-corrected chi connectivity index (χ1v) is 11.9. The normalized spacial score (nSPS) is 21.0. The second-order valence-corrected chi connectivity index (χ2v) is 8.81.